The number of imide groups is 4. The van der Waals surface area contributed by atoms with Crippen LogP contribution >= 0.6 is 0 Å². The molecule has 2 N–H and O–H groups in total. The molecule has 2 atom stereocenters. The predicted octanol–water partition coefficient (Wildman–Crippen LogP) is 1.65. The van der Waals surface area contributed by atoms with Crippen LogP contribution in [0.3, 0.4) is 0 Å². The molecule has 5 amide bonds. The van der Waals surface area contributed by atoms with Crippen molar-refractivity contribution in [3.63, 3.8) is 0 Å². The van der Waals surface area contributed by atoms with E-state index < -0.39 is 52.4 Å². The Labute approximate surface area is 225 Å². The number of hydrogen-bond donors (Lipinski definition) is 2. The van der Waals surface area contributed by atoms with Crippen molar-refractivity contribution >= 4 is 29.7 Å². The molecule has 1 saturated heterocycles. The maximum absolute atomic E-state index is 13.5. The number of carbonyl (C=O) groups is 5. The van der Waals surface area contributed by atoms with Gasteiger partial charge in [-0.05, 0) is 59.1 Å². The van der Waals surface area contributed by atoms with Gasteiger partial charge in [0.2, 0.25) is 5.91 Å². The molecule has 1 aromatic carbocycles. The molecule has 2 fully saturated rings. The predicted molar refractivity (Wildman–Crippen MR) is 134 cm³/mol. The fraction of sp³-hybridized carbons (Fsp3) is 0.593. The lowest BCUT2D eigenvalue weighted by atomic mass is 9.89. The van der Waals surface area contributed by atoms with Crippen molar-refractivity contribution in [2.75, 3.05) is 26.4 Å². The summed E-state index contributed by atoms with van der Waals surface area (Å²) in [5.41, 5.74) is -3.15. The summed E-state index contributed by atoms with van der Waals surface area (Å²) >= 11 is 0. The van der Waals surface area contributed by atoms with Crippen LogP contribution in [-0.2, 0) is 19.1 Å². The monoisotopic (exact) mass is 546 g/mol. The summed E-state index contributed by atoms with van der Waals surface area (Å²) < 4.78 is 16.4. The smallest absolute Gasteiger partial charge is 0.424 e. The van der Waals surface area contributed by atoms with E-state index in [9.17, 15) is 29.1 Å². The minimum absolute atomic E-state index is 0.000474. The molecule has 0 aromatic heterocycles. The van der Waals surface area contributed by atoms with Gasteiger partial charge in [-0.15, -0.1) is 0 Å². The van der Waals surface area contributed by atoms with E-state index in [0.29, 0.717) is 17.7 Å². The SMILES string of the molecule is CC(O)(CCO)COCCOc1cccc2c1C(=O)N(C1CC3(CC3)C(=O)N(C(=O)OC(C)(C)C)C1=O)C2=O. The first-order valence-corrected chi connectivity index (χ1v) is 12.9. The Morgan fingerprint density at radius 2 is 1.77 bits per heavy atom. The van der Waals surface area contributed by atoms with Gasteiger partial charge < -0.3 is 24.4 Å². The number of hydrogen-bond acceptors (Lipinski definition) is 10. The Hall–Kier alpha value is -3.35. The molecule has 12 heteroatoms. The van der Waals surface area contributed by atoms with Gasteiger partial charge >= 0.3 is 6.09 Å². The molecule has 4 rings (SSSR count). The van der Waals surface area contributed by atoms with Gasteiger partial charge in [0, 0.05) is 13.0 Å². The highest BCUT2D eigenvalue weighted by atomic mass is 16.6. The van der Waals surface area contributed by atoms with Crippen LogP contribution in [0, 0.1) is 5.41 Å². The number of aliphatic hydroxyl groups excluding tert-OH is 1. The van der Waals surface area contributed by atoms with Gasteiger partial charge in [-0.25, -0.2) is 4.79 Å². The molecule has 39 heavy (non-hydrogen) atoms. The van der Waals surface area contributed by atoms with Crippen molar-refractivity contribution in [2.45, 2.75) is 70.6 Å². The third-order valence-corrected chi connectivity index (χ3v) is 6.94. The lowest BCUT2D eigenvalue weighted by molar-refractivity contribution is -0.155. The van der Waals surface area contributed by atoms with Gasteiger partial charge in [0.15, 0.2) is 0 Å². The van der Waals surface area contributed by atoms with E-state index in [1.165, 1.54) is 25.1 Å². The molecule has 2 unspecified atom stereocenters. The highest BCUT2D eigenvalue weighted by Crippen LogP contribution is 2.54. The number of benzene rings is 1. The van der Waals surface area contributed by atoms with Crippen LogP contribution in [0.15, 0.2) is 18.2 Å². The summed E-state index contributed by atoms with van der Waals surface area (Å²) in [4.78, 5) is 67.5. The lowest BCUT2D eigenvalue weighted by Gasteiger charge is -2.38. The van der Waals surface area contributed by atoms with E-state index in [1.54, 1.807) is 20.8 Å². The molecule has 212 valence electrons. The minimum Gasteiger partial charge on any atom is -0.490 e. The van der Waals surface area contributed by atoms with E-state index in [0.717, 1.165) is 4.90 Å². The molecule has 12 nitrogen and oxygen atoms in total. The van der Waals surface area contributed by atoms with Gasteiger partial charge in [0.25, 0.3) is 17.7 Å². The summed E-state index contributed by atoms with van der Waals surface area (Å²) in [7, 11) is 0. The largest absolute Gasteiger partial charge is 0.490 e. The number of likely N-dealkylation sites (tertiary alicyclic amines) is 1. The van der Waals surface area contributed by atoms with E-state index in [1.807, 2.05) is 0 Å². The molecule has 2 aliphatic heterocycles. The Morgan fingerprint density at radius 3 is 2.38 bits per heavy atom. The zero-order valence-electron chi connectivity index (χ0n) is 22.5. The van der Waals surface area contributed by atoms with Crippen LogP contribution in [0.25, 0.3) is 0 Å². The van der Waals surface area contributed by atoms with Crippen molar-refractivity contribution in [2.24, 2.45) is 5.41 Å². The normalized spacial score (nSPS) is 21.7. The number of nitrogens with zero attached hydrogens (tertiary/aromatic N) is 2. The number of fused-ring (bicyclic) bond motifs is 1. The first kappa shape index (κ1) is 28.7. The van der Waals surface area contributed by atoms with Gasteiger partial charge in [-0.3, -0.25) is 24.1 Å². The Bertz CT molecular complexity index is 1200. The average Bonchev–Trinajstić information content (AvgIpc) is 3.56. The topological polar surface area (TPSA) is 160 Å². The van der Waals surface area contributed by atoms with Crippen molar-refractivity contribution in [1.29, 1.82) is 0 Å². The molecule has 1 aliphatic carbocycles. The third-order valence-electron chi connectivity index (χ3n) is 6.94. The maximum Gasteiger partial charge on any atom is 0.424 e. The van der Waals surface area contributed by atoms with E-state index in [-0.39, 0.29) is 56.1 Å². The minimum atomic E-state index is -1.35. The van der Waals surface area contributed by atoms with Crippen LogP contribution in [0.5, 0.6) is 5.75 Å². The zero-order chi connectivity index (χ0) is 28.8. The van der Waals surface area contributed by atoms with Crippen molar-refractivity contribution < 1.29 is 48.4 Å². The van der Waals surface area contributed by atoms with Crippen LogP contribution in [0.2, 0.25) is 0 Å². The molecular formula is C27H34N2O10. The highest BCUT2D eigenvalue weighted by molar-refractivity contribution is 6.25. The average molecular weight is 547 g/mol. The molecule has 1 saturated carbocycles. The fourth-order valence-electron chi connectivity index (χ4n) is 4.77. The van der Waals surface area contributed by atoms with Crippen LogP contribution < -0.4 is 4.74 Å². The molecule has 3 aliphatic rings. The number of rotatable bonds is 9. The van der Waals surface area contributed by atoms with E-state index >= 15 is 0 Å². The molecule has 2 heterocycles. The lowest BCUT2D eigenvalue weighted by Crippen LogP contribution is -2.61. The second-order valence-electron chi connectivity index (χ2n) is 11.5. The quantitative estimate of drug-likeness (QED) is 0.344. The Balaban J connectivity index is 1.51. The highest BCUT2D eigenvalue weighted by Gasteiger charge is 2.63. The second-order valence-corrected chi connectivity index (χ2v) is 11.5. The second kappa shape index (κ2) is 10.3. The van der Waals surface area contributed by atoms with Gasteiger partial charge in [-0.2, -0.15) is 4.90 Å². The maximum atomic E-state index is 13.5. The molecule has 1 aromatic rings. The Kier molecular flexibility index (Phi) is 7.58. The first-order valence-electron chi connectivity index (χ1n) is 12.9. The summed E-state index contributed by atoms with van der Waals surface area (Å²) in [6.45, 7) is 6.17. The number of piperidine rings is 1. The van der Waals surface area contributed by atoms with Gasteiger partial charge in [0.05, 0.1) is 35.4 Å². The van der Waals surface area contributed by atoms with Crippen molar-refractivity contribution in [3.05, 3.63) is 29.3 Å². The number of carbonyl (C=O) groups excluding carboxylic acids is 5. The fourth-order valence-corrected chi connectivity index (χ4v) is 4.77. The summed E-state index contributed by atoms with van der Waals surface area (Å²) in [6.07, 6.45) is -0.195. The molecule has 1 spiro atoms. The summed E-state index contributed by atoms with van der Waals surface area (Å²) in [5, 5.41) is 19.1. The van der Waals surface area contributed by atoms with Gasteiger partial charge in [-0.1, -0.05) is 6.07 Å². The standard InChI is InChI=1S/C27H34N2O10/c1-25(2,3)39-24(35)29-21(32)17(14-27(8-9-27)23(29)34)28-20(31)16-6-5-7-18(19(16)22(28)33)38-13-12-37-15-26(4,36)10-11-30/h5-7,17,30,36H,8-15H2,1-4H3. The molecule has 0 radical (unpaired) electrons. The Morgan fingerprint density at radius 1 is 1.08 bits per heavy atom. The number of ether oxygens (including phenoxy) is 3. The van der Waals surface area contributed by atoms with E-state index in [4.69, 9.17) is 19.3 Å². The third kappa shape index (κ3) is 5.68. The molecule has 0 bridgehead atoms. The van der Waals surface area contributed by atoms with Crippen molar-refractivity contribution in [1.82, 2.24) is 9.80 Å². The van der Waals surface area contributed by atoms with Crippen molar-refractivity contribution in [3.8, 4) is 5.75 Å². The first-order chi connectivity index (χ1) is 18.2. The summed E-state index contributed by atoms with van der Waals surface area (Å²) in [5.74, 6) is -3.01. The van der Waals surface area contributed by atoms with Crippen LogP contribution in [-0.4, -0.2) is 93.4 Å². The van der Waals surface area contributed by atoms with Gasteiger partial charge in [0.1, 0.15) is 24.0 Å². The van der Waals surface area contributed by atoms with Crippen LogP contribution in [0.1, 0.15) is 74.1 Å². The summed E-state index contributed by atoms with van der Waals surface area (Å²) in [6, 6.07) is 3.14. The zero-order valence-corrected chi connectivity index (χ0v) is 22.5. The number of amides is 5. The van der Waals surface area contributed by atoms with E-state index in [2.05, 4.69) is 0 Å². The molecular weight excluding hydrogens is 512 g/mol. The van der Waals surface area contributed by atoms with Crippen LogP contribution in [0.4, 0.5) is 4.79 Å². The number of aliphatic hydroxyl groups is 2.